The summed E-state index contributed by atoms with van der Waals surface area (Å²) in [5.74, 6) is 1.22. The van der Waals surface area contributed by atoms with Gasteiger partial charge in [-0.2, -0.15) is 0 Å². The lowest BCUT2D eigenvalue weighted by molar-refractivity contribution is -0.169. The van der Waals surface area contributed by atoms with E-state index in [4.69, 9.17) is 28.4 Å². The van der Waals surface area contributed by atoms with Crippen LogP contribution in [0, 0.1) is 28.1 Å². The molecule has 61 heavy (non-hydrogen) atoms. The second-order valence-electron chi connectivity index (χ2n) is 21.8. The SMILES string of the molecule is COC(COCC(C)(C)COCC(COC(=O)C1(C)CCCC2(C)c3ccc(C(C)C)cc3CCC12)OC)COC(=O)C1(C)CCCC2(C)c3ccc(C(C)C)cc3CCC12. The van der Waals surface area contributed by atoms with Gasteiger partial charge in [0.25, 0.3) is 0 Å². The second-order valence-corrected chi connectivity index (χ2v) is 21.8. The highest BCUT2D eigenvalue weighted by Crippen LogP contribution is 2.59. The van der Waals surface area contributed by atoms with Crippen LogP contribution < -0.4 is 0 Å². The van der Waals surface area contributed by atoms with Gasteiger partial charge < -0.3 is 28.4 Å². The lowest BCUT2D eigenvalue weighted by atomic mass is 9.49. The zero-order valence-electron chi connectivity index (χ0n) is 40.0. The van der Waals surface area contributed by atoms with Crippen molar-refractivity contribution in [3.05, 3.63) is 69.8 Å². The van der Waals surface area contributed by atoms with Crippen LogP contribution in [-0.2, 0) is 61.7 Å². The zero-order valence-corrected chi connectivity index (χ0v) is 40.0. The van der Waals surface area contributed by atoms with Crippen molar-refractivity contribution in [3.8, 4) is 0 Å². The Bertz CT molecular complexity index is 1700. The first kappa shape index (κ1) is 47.7. The molecule has 0 bridgehead atoms. The van der Waals surface area contributed by atoms with E-state index in [1.165, 1.54) is 33.4 Å². The first-order valence-electron chi connectivity index (χ1n) is 23.6. The molecule has 2 saturated carbocycles. The molecule has 0 N–H and O–H groups in total. The summed E-state index contributed by atoms with van der Waals surface area (Å²) in [5.41, 5.74) is 7.04. The van der Waals surface area contributed by atoms with E-state index in [1.807, 2.05) is 0 Å². The third-order valence-corrected chi connectivity index (χ3v) is 16.1. The Labute approximate surface area is 368 Å². The number of carbonyl (C=O) groups is 2. The van der Waals surface area contributed by atoms with Crippen LogP contribution >= 0.6 is 0 Å². The molecule has 0 radical (unpaired) electrons. The van der Waals surface area contributed by atoms with Crippen molar-refractivity contribution in [1.82, 2.24) is 0 Å². The fourth-order valence-electron chi connectivity index (χ4n) is 12.2. The molecule has 4 aliphatic carbocycles. The monoisotopic (exact) mass is 845 g/mol. The Morgan fingerprint density at radius 3 is 1.38 bits per heavy atom. The highest BCUT2D eigenvalue weighted by atomic mass is 16.6. The first-order valence-corrected chi connectivity index (χ1v) is 23.6. The molecule has 0 spiro atoms. The van der Waals surface area contributed by atoms with Crippen LogP contribution in [0.3, 0.4) is 0 Å². The third-order valence-electron chi connectivity index (χ3n) is 16.1. The summed E-state index contributed by atoms with van der Waals surface area (Å²) in [5, 5.41) is 0. The van der Waals surface area contributed by atoms with Crippen LogP contribution in [0.25, 0.3) is 0 Å². The number of rotatable bonds is 18. The maximum Gasteiger partial charge on any atom is 0.312 e. The van der Waals surface area contributed by atoms with Crippen molar-refractivity contribution in [2.24, 2.45) is 28.1 Å². The number of hydrogen-bond donors (Lipinski definition) is 0. The minimum Gasteiger partial charge on any atom is -0.462 e. The zero-order chi connectivity index (χ0) is 44.4. The molecule has 0 heterocycles. The summed E-state index contributed by atoms with van der Waals surface area (Å²) in [6, 6.07) is 14.1. The van der Waals surface area contributed by atoms with Gasteiger partial charge in [0.05, 0.1) is 37.3 Å². The van der Waals surface area contributed by atoms with Gasteiger partial charge in [-0.1, -0.05) is 105 Å². The van der Waals surface area contributed by atoms with Crippen molar-refractivity contribution in [2.75, 3.05) is 53.9 Å². The number of methoxy groups -OCH3 is 2. The van der Waals surface area contributed by atoms with Crippen LogP contribution in [0.5, 0.6) is 0 Å². The highest BCUT2D eigenvalue weighted by molar-refractivity contribution is 5.78. The lowest BCUT2D eigenvalue weighted by Gasteiger charge is -2.54. The second kappa shape index (κ2) is 19.1. The Hall–Kier alpha value is -2.78. The van der Waals surface area contributed by atoms with E-state index < -0.39 is 10.8 Å². The van der Waals surface area contributed by atoms with Crippen molar-refractivity contribution < 1.29 is 38.0 Å². The molecule has 0 aromatic heterocycles. The largest absolute Gasteiger partial charge is 0.462 e. The van der Waals surface area contributed by atoms with Crippen molar-refractivity contribution in [3.63, 3.8) is 0 Å². The molecule has 8 unspecified atom stereocenters. The lowest BCUT2D eigenvalue weighted by Crippen LogP contribution is -2.53. The smallest absolute Gasteiger partial charge is 0.312 e. The molecular weight excluding hydrogens is 765 g/mol. The topological polar surface area (TPSA) is 89.5 Å². The maximum absolute atomic E-state index is 14.0. The summed E-state index contributed by atoms with van der Waals surface area (Å²) in [4.78, 5) is 27.9. The van der Waals surface area contributed by atoms with Gasteiger partial charge in [0.1, 0.15) is 25.4 Å². The average molecular weight is 845 g/mol. The van der Waals surface area contributed by atoms with Crippen LogP contribution in [0.15, 0.2) is 36.4 Å². The number of ether oxygens (including phenoxy) is 6. The van der Waals surface area contributed by atoms with Crippen LogP contribution in [0.2, 0.25) is 0 Å². The van der Waals surface area contributed by atoms with Crippen molar-refractivity contribution in [1.29, 1.82) is 0 Å². The summed E-state index contributed by atoms with van der Waals surface area (Å²) >= 11 is 0. The Morgan fingerprint density at radius 1 is 0.623 bits per heavy atom. The summed E-state index contributed by atoms with van der Waals surface area (Å²) in [7, 11) is 3.28. The van der Waals surface area contributed by atoms with Gasteiger partial charge in [-0.15, -0.1) is 0 Å². The molecule has 0 saturated heterocycles. The fourth-order valence-corrected chi connectivity index (χ4v) is 12.2. The van der Waals surface area contributed by atoms with Gasteiger partial charge in [-0.05, 0) is 133 Å². The summed E-state index contributed by atoms with van der Waals surface area (Å²) in [6.07, 6.45) is 9.12. The van der Waals surface area contributed by atoms with E-state index >= 15 is 0 Å². The van der Waals surface area contributed by atoms with Gasteiger partial charge in [0.15, 0.2) is 0 Å². The van der Waals surface area contributed by atoms with Crippen LogP contribution in [0.4, 0.5) is 0 Å². The van der Waals surface area contributed by atoms with E-state index in [-0.39, 0.29) is 65.4 Å². The molecule has 6 rings (SSSR count). The molecule has 0 aliphatic heterocycles. The van der Waals surface area contributed by atoms with Crippen LogP contribution in [0.1, 0.15) is 166 Å². The molecule has 4 aliphatic rings. The van der Waals surface area contributed by atoms with E-state index in [0.717, 1.165) is 64.2 Å². The molecule has 2 fully saturated rings. The molecule has 2 aromatic rings. The molecule has 8 atom stereocenters. The Kier molecular flexibility index (Phi) is 15.0. The first-order chi connectivity index (χ1) is 28.8. The summed E-state index contributed by atoms with van der Waals surface area (Å²) < 4.78 is 35.9. The van der Waals surface area contributed by atoms with Crippen molar-refractivity contribution in [2.45, 2.75) is 168 Å². The van der Waals surface area contributed by atoms with E-state index in [2.05, 4.69) is 106 Å². The number of aryl methyl sites for hydroxylation is 2. The molecular formula is C53H80O8. The molecule has 8 heteroatoms. The van der Waals surface area contributed by atoms with Gasteiger partial charge >= 0.3 is 11.9 Å². The quantitative estimate of drug-likeness (QED) is 0.137. The minimum absolute atomic E-state index is 0.0444. The normalized spacial score (nSPS) is 29.5. The predicted octanol–water partition coefficient (Wildman–Crippen LogP) is 10.8. The number of benzene rings is 2. The van der Waals surface area contributed by atoms with E-state index in [9.17, 15) is 9.59 Å². The van der Waals surface area contributed by atoms with Gasteiger partial charge in [0, 0.05) is 19.6 Å². The molecule has 340 valence electrons. The maximum atomic E-state index is 14.0. The standard InChI is InChI=1S/C53H80O8/c1-35(2)37-15-19-43-39(27-37)17-21-45-50(43,7)23-13-25-52(45,9)47(54)60-31-41(56-11)29-58-33-49(5,6)34-59-30-42(57-12)32-61-48(55)53(10)26-14-24-51(8)44-20-16-38(36(3)4)28-40(44)18-22-46(51)53/h15-16,19-20,27-28,35-36,41-42,45-46H,13-14,17-18,21-26,29-34H2,1-12H3. The predicted molar refractivity (Wildman–Crippen MR) is 242 cm³/mol. The number of hydrogen-bond acceptors (Lipinski definition) is 8. The fraction of sp³-hybridized carbons (Fsp3) is 0.736. The van der Waals surface area contributed by atoms with E-state index in [0.29, 0.717) is 38.3 Å². The highest BCUT2D eigenvalue weighted by Gasteiger charge is 2.57. The van der Waals surface area contributed by atoms with Gasteiger partial charge in [-0.25, -0.2) is 0 Å². The van der Waals surface area contributed by atoms with E-state index in [1.54, 1.807) is 14.2 Å². The van der Waals surface area contributed by atoms with Gasteiger partial charge in [-0.3, -0.25) is 9.59 Å². The number of fused-ring (bicyclic) bond motifs is 6. The minimum atomic E-state index is -0.548. The third kappa shape index (κ3) is 9.83. The molecule has 0 amide bonds. The molecule has 2 aromatic carbocycles. The van der Waals surface area contributed by atoms with Crippen LogP contribution in [-0.4, -0.2) is 78.0 Å². The van der Waals surface area contributed by atoms with Gasteiger partial charge in [0.2, 0.25) is 0 Å². The number of carbonyl (C=O) groups excluding carboxylic acids is 2. The van der Waals surface area contributed by atoms with Crippen molar-refractivity contribution >= 4 is 11.9 Å². The number of esters is 2. The Balaban J connectivity index is 0.937. The Morgan fingerprint density at radius 2 is 1.02 bits per heavy atom. The molecule has 8 nitrogen and oxygen atoms in total. The average Bonchev–Trinajstić information content (AvgIpc) is 3.22. The summed E-state index contributed by atoms with van der Waals surface area (Å²) in [6.45, 7) is 24.0.